The number of ketones is 1. The van der Waals surface area contributed by atoms with E-state index in [9.17, 15) is 4.79 Å². The molecule has 0 aliphatic heterocycles. The van der Waals surface area contributed by atoms with Crippen molar-refractivity contribution < 1.29 is 26.3 Å². The van der Waals surface area contributed by atoms with Gasteiger partial charge in [0.25, 0.3) is 0 Å². The summed E-state index contributed by atoms with van der Waals surface area (Å²) in [6.45, 7) is 0.222. The summed E-state index contributed by atoms with van der Waals surface area (Å²) >= 11 is 15.2. The maximum atomic E-state index is 12.1. The first-order chi connectivity index (χ1) is 8.56. The molecule has 2 nitrogen and oxygen atoms in total. The number of halogens is 4. The lowest BCUT2D eigenvalue weighted by Crippen LogP contribution is -3.00. The Kier molecular flexibility index (Phi) is 6.47. The maximum Gasteiger partial charge on any atom is 0.229 e. The van der Waals surface area contributed by atoms with Gasteiger partial charge in [-0.15, -0.1) is 0 Å². The van der Waals surface area contributed by atoms with Crippen molar-refractivity contribution in [2.24, 2.45) is 0 Å². The van der Waals surface area contributed by atoms with E-state index in [1.807, 2.05) is 24.5 Å². The second kappa shape index (κ2) is 7.39. The fourth-order valence-electron chi connectivity index (χ4n) is 1.55. The van der Waals surface area contributed by atoms with Crippen molar-refractivity contribution >= 4 is 44.9 Å². The van der Waals surface area contributed by atoms with E-state index in [1.165, 1.54) is 0 Å². The normalized spacial score (nSPS) is 9.84. The molecule has 0 aliphatic carbocycles. The lowest BCUT2D eigenvalue weighted by atomic mass is 10.1. The highest BCUT2D eigenvalue weighted by Gasteiger charge is 2.15. The van der Waals surface area contributed by atoms with Crippen LogP contribution in [0.25, 0.3) is 0 Å². The summed E-state index contributed by atoms with van der Waals surface area (Å²) in [4.78, 5) is 12.1. The summed E-state index contributed by atoms with van der Waals surface area (Å²) in [6.07, 6.45) is 3.65. The fraction of sp³-hybridized carbons (Fsp3) is 0.0769. The fourth-order valence-corrected chi connectivity index (χ4v) is 2.36. The molecule has 1 heterocycles. The van der Waals surface area contributed by atoms with Gasteiger partial charge in [0.05, 0.1) is 9.50 Å². The van der Waals surface area contributed by atoms with E-state index >= 15 is 0 Å². The van der Waals surface area contributed by atoms with E-state index in [0.29, 0.717) is 15.6 Å². The van der Waals surface area contributed by atoms with Crippen molar-refractivity contribution in [3.05, 3.63) is 62.8 Å². The summed E-state index contributed by atoms with van der Waals surface area (Å²) in [5, 5.41) is 0.919. The number of pyridine rings is 1. The van der Waals surface area contributed by atoms with Crippen LogP contribution in [0, 0.1) is 0 Å². The summed E-state index contributed by atoms with van der Waals surface area (Å²) in [5.74, 6) is -0.0781. The molecule has 0 unspecified atom stereocenters. The molecule has 19 heavy (non-hydrogen) atoms. The molecular formula is C13H9Br2Cl2NO. The quantitative estimate of drug-likeness (QED) is 0.529. The van der Waals surface area contributed by atoms with Crippen LogP contribution in [0.3, 0.4) is 0 Å². The molecule has 0 N–H and O–H groups in total. The summed E-state index contributed by atoms with van der Waals surface area (Å²) < 4.78 is 2.69. The Balaban J connectivity index is 0.00000180. The van der Waals surface area contributed by atoms with Gasteiger partial charge in [-0.05, 0) is 40.2 Å². The van der Waals surface area contributed by atoms with Gasteiger partial charge in [0, 0.05) is 16.7 Å². The van der Waals surface area contributed by atoms with E-state index in [2.05, 4.69) is 15.9 Å². The number of rotatable bonds is 3. The van der Waals surface area contributed by atoms with Crippen LogP contribution in [0.4, 0.5) is 0 Å². The first kappa shape index (κ1) is 16.6. The van der Waals surface area contributed by atoms with Gasteiger partial charge in [-0.25, -0.2) is 0 Å². The van der Waals surface area contributed by atoms with Crippen LogP contribution >= 0.6 is 39.1 Å². The second-order valence-electron chi connectivity index (χ2n) is 3.74. The zero-order valence-electron chi connectivity index (χ0n) is 9.62. The number of hydrogen-bond acceptors (Lipinski definition) is 1. The Labute approximate surface area is 140 Å². The van der Waals surface area contributed by atoms with Crippen molar-refractivity contribution in [2.45, 2.75) is 6.54 Å². The van der Waals surface area contributed by atoms with Gasteiger partial charge >= 0.3 is 0 Å². The largest absolute Gasteiger partial charge is 1.00 e. The average Bonchev–Trinajstić information content (AvgIpc) is 2.32. The third kappa shape index (κ3) is 4.56. The Morgan fingerprint density at radius 3 is 2.68 bits per heavy atom. The summed E-state index contributed by atoms with van der Waals surface area (Å²) in [7, 11) is 0. The van der Waals surface area contributed by atoms with Gasteiger partial charge in [0.15, 0.2) is 12.4 Å². The predicted octanol–water partition coefficient (Wildman–Crippen LogP) is 0.930. The third-order valence-electron chi connectivity index (χ3n) is 2.38. The molecule has 0 aliphatic rings. The van der Waals surface area contributed by atoms with E-state index in [-0.39, 0.29) is 29.3 Å². The average molecular weight is 426 g/mol. The zero-order valence-corrected chi connectivity index (χ0v) is 14.3. The molecule has 0 bridgehead atoms. The Hall–Kier alpha value is -0.420. The van der Waals surface area contributed by atoms with E-state index in [4.69, 9.17) is 23.2 Å². The van der Waals surface area contributed by atoms with Crippen LogP contribution in [0.1, 0.15) is 10.4 Å². The van der Waals surface area contributed by atoms with Gasteiger partial charge in [-0.2, -0.15) is 4.57 Å². The van der Waals surface area contributed by atoms with Crippen LogP contribution in [0.5, 0.6) is 0 Å². The van der Waals surface area contributed by atoms with Gasteiger partial charge in [0.1, 0.15) is 0 Å². The molecule has 2 aromatic rings. The highest BCUT2D eigenvalue weighted by Crippen LogP contribution is 2.21. The highest BCUT2D eigenvalue weighted by atomic mass is 79.9. The van der Waals surface area contributed by atoms with Gasteiger partial charge < -0.3 is 17.0 Å². The van der Waals surface area contributed by atoms with E-state index in [0.717, 1.165) is 4.47 Å². The molecule has 1 aromatic carbocycles. The molecule has 0 radical (unpaired) electrons. The number of carbonyl (C=O) groups is 1. The summed E-state index contributed by atoms with van der Waals surface area (Å²) in [5.41, 5.74) is 0.441. The Morgan fingerprint density at radius 2 is 2.00 bits per heavy atom. The van der Waals surface area contributed by atoms with Crippen LogP contribution in [0.15, 0.2) is 47.2 Å². The first-order valence-electron chi connectivity index (χ1n) is 5.19. The maximum absolute atomic E-state index is 12.1. The van der Waals surface area contributed by atoms with Crippen molar-refractivity contribution in [1.29, 1.82) is 0 Å². The number of benzene rings is 1. The molecule has 2 rings (SSSR count). The van der Waals surface area contributed by atoms with Crippen molar-refractivity contribution in [1.82, 2.24) is 0 Å². The SMILES string of the molecule is O=C(C[n+]1cccc(Br)c1)c1cc(Cl)ccc1Cl.[Br-]. The topological polar surface area (TPSA) is 20.9 Å². The molecule has 1 aromatic heterocycles. The summed E-state index contributed by atoms with van der Waals surface area (Å²) in [6, 6.07) is 8.63. The van der Waals surface area contributed by atoms with Crippen molar-refractivity contribution in [3.8, 4) is 0 Å². The van der Waals surface area contributed by atoms with Gasteiger partial charge in [0.2, 0.25) is 12.3 Å². The molecule has 0 spiro atoms. The van der Waals surface area contributed by atoms with Crippen LogP contribution in [-0.2, 0) is 6.54 Å². The molecule has 100 valence electrons. The third-order valence-corrected chi connectivity index (χ3v) is 3.41. The highest BCUT2D eigenvalue weighted by molar-refractivity contribution is 9.10. The standard InChI is InChI=1S/C13H9BrCl2NO.BrH/c14-9-2-1-5-17(7-9)8-13(18)11-6-10(15)3-4-12(11)16;/h1-7H,8H2;1H/q+1;/p-1. The molecule has 0 fully saturated rings. The minimum absolute atomic E-state index is 0. The number of carbonyl (C=O) groups excluding carboxylic acids is 1. The lowest BCUT2D eigenvalue weighted by molar-refractivity contribution is -0.683. The Bertz CT molecular complexity index is 605. The number of aromatic nitrogens is 1. The molecule has 0 amide bonds. The minimum Gasteiger partial charge on any atom is -1.00 e. The second-order valence-corrected chi connectivity index (χ2v) is 5.50. The van der Waals surface area contributed by atoms with Crippen LogP contribution in [0.2, 0.25) is 10.0 Å². The van der Waals surface area contributed by atoms with Crippen molar-refractivity contribution in [3.63, 3.8) is 0 Å². The van der Waals surface area contributed by atoms with Crippen LogP contribution in [-0.4, -0.2) is 5.78 Å². The van der Waals surface area contributed by atoms with Crippen LogP contribution < -0.4 is 21.5 Å². The number of nitrogens with zero attached hydrogens (tertiary/aromatic N) is 1. The van der Waals surface area contributed by atoms with Gasteiger partial charge in [-0.3, -0.25) is 4.79 Å². The van der Waals surface area contributed by atoms with Gasteiger partial charge in [-0.1, -0.05) is 23.2 Å². The Morgan fingerprint density at radius 1 is 1.26 bits per heavy atom. The first-order valence-corrected chi connectivity index (χ1v) is 6.74. The molecule has 6 heteroatoms. The predicted molar refractivity (Wildman–Crippen MR) is 75.1 cm³/mol. The smallest absolute Gasteiger partial charge is 0.229 e. The number of Topliss-reactive ketones (excluding diaryl/α,β-unsaturated/α-hetero) is 1. The number of hydrogen-bond donors (Lipinski definition) is 0. The van der Waals surface area contributed by atoms with E-state index in [1.54, 1.807) is 22.8 Å². The lowest BCUT2D eigenvalue weighted by Gasteiger charge is -2.02. The molecular weight excluding hydrogens is 417 g/mol. The zero-order chi connectivity index (χ0) is 13.1. The minimum atomic E-state index is -0.0781. The molecule has 0 saturated carbocycles. The molecule has 0 saturated heterocycles. The molecule has 0 atom stereocenters. The monoisotopic (exact) mass is 423 g/mol. The van der Waals surface area contributed by atoms with E-state index < -0.39 is 0 Å². The van der Waals surface area contributed by atoms with Crippen molar-refractivity contribution in [2.75, 3.05) is 0 Å².